The lowest BCUT2D eigenvalue weighted by Crippen LogP contribution is -2.00. The van der Waals surface area contributed by atoms with E-state index in [9.17, 15) is 4.79 Å². The molecule has 1 nitrogen and oxygen atoms in total. The van der Waals surface area contributed by atoms with Gasteiger partial charge in [0.1, 0.15) is 0 Å². The molecule has 0 aliphatic rings. The highest BCUT2D eigenvalue weighted by molar-refractivity contribution is 6.09. The monoisotopic (exact) mass is 424 g/mol. The van der Waals surface area contributed by atoms with E-state index in [1.165, 1.54) is 27.8 Å². The van der Waals surface area contributed by atoms with Gasteiger partial charge >= 0.3 is 0 Å². The summed E-state index contributed by atoms with van der Waals surface area (Å²) in [5.41, 5.74) is 9.75. The molecular formula is C32H24O. The van der Waals surface area contributed by atoms with Gasteiger partial charge in [-0.05, 0) is 40.3 Å². The lowest BCUT2D eigenvalue weighted by atomic mass is 9.96. The summed E-state index contributed by atoms with van der Waals surface area (Å²) in [4.78, 5) is 12.6. The summed E-state index contributed by atoms with van der Waals surface area (Å²) in [6.45, 7) is 2.11. The highest BCUT2D eigenvalue weighted by Gasteiger charge is 2.09. The number of hydrogen-bond acceptors (Lipinski definition) is 1. The van der Waals surface area contributed by atoms with E-state index in [0.29, 0.717) is 11.1 Å². The van der Waals surface area contributed by atoms with Crippen LogP contribution in [0.15, 0.2) is 127 Å². The van der Waals surface area contributed by atoms with Gasteiger partial charge in [0.05, 0.1) is 0 Å². The summed E-state index contributed by atoms with van der Waals surface area (Å²) in [6, 6.07) is 43.1. The Kier molecular flexibility index (Phi) is 5.70. The molecule has 0 atom stereocenters. The number of carbonyl (C=O) groups excluding carboxylic acids is 1. The molecule has 33 heavy (non-hydrogen) atoms. The van der Waals surface area contributed by atoms with Gasteiger partial charge in [-0.15, -0.1) is 0 Å². The van der Waals surface area contributed by atoms with Crippen LogP contribution in [-0.4, -0.2) is 5.78 Å². The van der Waals surface area contributed by atoms with Crippen molar-refractivity contribution < 1.29 is 4.79 Å². The molecule has 5 rings (SSSR count). The van der Waals surface area contributed by atoms with Crippen molar-refractivity contribution in [1.82, 2.24) is 0 Å². The van der Waals surface area contributed by atoms with E-state index in [2.05, 4.69) is 79.7 Å². The summed E-state index contributed by atoms with van der Waals surface area (Å²) in [7, 11) is 0. The van der Waals surface area contributed by atoms with Crippen LogP contribution in [0.25, 0.3) is 33.4 Å². The summed E-state index contributed by atoms with van der Waals surface area (Å²) in [5, 5.41) is 0. The second-order valence-corrected chi connectivity index (χ2v) is 8.29. The first kappa shape index (κ1) is 20.7. The number of aryl methyl sites for hydroxylation is 1. The molecule has 0 spiro atoms. The fraction of sp³-hybridized carbons (Fsp3) is 0.0312. The van der Waals surface area contributed by atoms with Crippen molar-refractivity contribution >= 4 is 5.78 Å². The normalized spacial score (nSPS) is 10.7. The largest absolute Gasteiger partial charge is 0.289 e. The molecule has 0 saturated heterocycles. The minimum absolute atomic E-state index is 0.0478. The van der Waals surface area contributed by atoms with Gasteiger partial charge in [0.15, 0.2) is 5.78 Å². The fourth-order valence-electron chi connectivity index (χ4n) is 4.03. The molecule has 0 heterocycles. The van der Waals surface area contributed by atoms with Crippen molar-refractivity contribution in [2.75, 3.05) is 0 Å². The Morgan fingerprint density at radius 1 is 0.394 bits per heavy atom. The van der Waals surface area contributed by atoms with E-state index >= 15 is 0 Å². The molecule has 0 aliphatic carbocycles. The molecule has 0 radical (unpaired) electrons. The molecule has 1 heteroatoms. The van der Waals surface area contributed by atoms with E-state index < -0.39 is 0 Å². The van der Waals surface area contributed by atoms with Crippen LogP contribution in [0.5, 0.6) is 0 Å². The molecule has 0 amide bonds. The maximum Gasteiger partial charge on any atom is 0.193 e. The minimum Gasteiger partial charge on any atom is -0.289 e. The highest BCUT2D eigenvalue weighted by atomic mass is 16.1. The predicted octanol–water partition coefficient (Wildman–Crippen LogP) is 8.23. The van der Waals surface area contributed by atoms with Gasteiger partial charge in [0, 0.05) is 11.1 Å². The molecule has 158 valence electrons. The second-order valence-electron chi connectivity index (χ2n) is 8.29. The molecule has 0 saturated carbocycles. The zero-order chi connectivity index (χ0) is 22.6. The van der Waals surface area contributed by atoms with Crippen molar-refractivity contribution in [1.29, 1.82) is 0 Å². The Labute approximate surface area is 195 Å². The van der Waals surface area contributed by atoms with Crippen molar-refractivity contribution in [2.24, 2.45) is 0 Å². The average Bonchev–Trinajstić information content (AvgIpc) is 2.90. The zero-order valence-corrected chi connectivity index (χ0v) is 18.5. The maximum absolute atomic E-state index is 12.6. The Hall–Kier alpha value is -4.23. The predicted molar refractivity (Wildman–Crippen MR) is 137 cm³/mol. The Morgan fingerprint density at radius 3 is 1.09 bits per heavy atom. The molecule has 0 aromatic heterocycles. The van der Waals surface area contributed by atoms with Crippen molar-refractivity contribution in [2.45, 2.75) is 6.92 Å². The average molecular weight is 425 g/mol. The summed E-state index contributed by atoms with van der Waals surface area (Å²) in [5.74, 6) is 0.0478. The van der Waals surface area contributed by atoms with Crippen molar-refractivity contribution in [3.05, 3.63) is 144 Å². The first-order valence-electron chi connectivity index (χ1n) is 11.2. The lowest BCUT2D eigenvalue weighted by Gasteiger charge is -2.08. The smallest absolute Gasteiger partial charge is 0.193 e. The number of benzene rings is 5. The van der Waals surface area contributed by atoms with Crippen molar-refractivity contribution in [3.63, 3.8) is 0 Å². The van der Waals surface area contributed by atoms with E-state index in [-0.39, 0.29) is 5.78 Å². The molecule has 5 aromatic carbocycles. The van der Waals surface area contributed by atoms with E-state index in [1.807, 2.05) is 54.6 Å². The quantitative estimate of drug-likeness (QED) is 0.260. The molecule has 0 aliphatic heterocycles. The lowest BCUT2D eigenvalue weighted by molar-refractivity contribution is 0.103. The van der Waals surface area contributed by atoms with Crippen LogP contribution in [0.3, 0.4) is 0 Å². The standard InChI is InChI=1S/C32H24O/c1-23-7-9-24(10-8-23)25-11-13-26(14-12-25)27-15-17-28(18-16-27)29-19-21-31(22-20-29)32(33)30-5-3-2-4-6-30/h2-22H,1H3. The van der Waals surface area contributed by atoms with Crippen LogP contribution >= 0.6 is 0 Å². The van der Waals surface area contributed by atoms with Gasteiger partial charge in [-0.3, -0.25) is 4.79 Å². The van der Waals surface area contributed by atoms with Crippen LogP contribution in [0.2, 0.25) is 0 Å². The third-order valence-electron chi connectivity index (χ3n) is 6.00. The van der Waals surface area contributed by atoms with E-state index in [1.54, 1.807) is 0 Å². The number of rotatable bonds is 5. The Bertz CT molecular complexity index is 1360. The van der Waals surface area contributed by atoms with Gasteiger partial charge in [-0.25, -0.2) is 0 Å². The molecule has 0 bridgehead atoms. The third-order valence-corrected chi connectivity index (χ3v) is 6.00. The van der Waals surface area contributed by atoms with Gasteiger partial charge in [0.25, 0.3) is 0 Å². The van der Waals surface area contributed by atoms with Crippen LogP contribution in [0, 0.1) is 6.92 Å². The van der Waals surface area contributed by atoms with Crippen molar-refractivity contribution in [3.8, 4) is 33.4 Å². The molecule has 0 unspecified atom stereocenters. The summed E-state index contributed by atoms with van der Waals surface area (Å²) >= 11 is 0. The van der Waals surface area contributed by atoms with Crippen LogP contribution < -0.4 is 0 Å². The van der Waals surface area contributed by atoms with Crippen LogP contribution in [0.1, 0.15) is 21.5 Å². The zero-order valence-electron chi connectivity index (χ0n) is 18.5. The molecular weight excluding hydrogens is 400 g/mol. The van der Waals surface area contributed by atoms with Crippen LogP contribution in [-0.2, 0) is 0 Å². The third kappa shape index (κ3) is 4.53. The van der Waals surface area contributed by atoms with Gasteiger partial charge < -0.3 is 0 Å². The van der Waals surface area contributed by atoms with Gasteiger partial charge in [-0.1, -0.05) is 133 Å². The molecule has 0 fully saturated rings. The Balaban J connectivity index is 1.32. The topological polar surface area (TPSA) is 17.1 Å². The molecule has 5 aromatic rings. The van der Waals surface area contributed by atoms with Gasteiger partial charge in [0.2, 0.25) is 0 Å². The molecule has 0 N–H and O–H groups in total. The number of carbonyl (C=O) groups is 1. The SMILES string of the molecule is Cc1ccc(-c2ccc(-c3ccc(-c4ccc(C(=O)c5ccccc5)cc4)cc3)cc2)cc1. The van der Waals surface area contributed by atoms with Crippen LogP contribution in [0.4, 0.5) is 0 Å². The highest BCUT2D eigenvalue weighted by Crippen LogP contribution is 2.28. The fourth-order valence-corrected chi connectivity index (χ4v) is 4.03. The first-order valence-corrected chi connectivity index (χ1v) is 11.2. The van der Waals surface area contributed by atoms with E-state index in [4.69, 9.17) is 0 Å². The number of ketones is 1. The summed E-state index contributed by atoms with van der Waals surface area (Å²) in [6.07, 6.45) is 0. The van der Waals surface area contributed by atoms with Gasteiger partial charge in [-0.2, -0.15) is 0 Å². The number of hydrogen-bond donors (Lipinski definition) is 0. The Morgan fingerprint density at radius 2 is 0.697 bits per heavy atom. The van der Waals surface area contributed by atoms with E-state index in [0.717, 1.165) is 11.1 Å². The first-order chi connectivity index (χ1) is 16.2. The maximum atomic E-state index is 12.6. The minimum atomic E-state index is 0.0478. The summed E-state index contributed by atoms with van der Waals surface area (Å²) < 4.78 is 0. The second kappa shape index (κ2) is 9.10.